The van der Waals surface area contributed by atoms with Gasteiger partial charge in [0.2, 0.25) is 0 Å². The lowest BCUT2D eigenvalue weighted by Crippen LogP contribution is -2.58. The number of ketones is 1. The number of Topliss-reactive ketones (excluding diaryl/α,β-unsaturated/α-hetero) is 1. The van der Waals surface area contributed by atoms with Crippen molar-refractivity contribution in [2.75, 3.05) is 0 Å². The van der Waals surface area contributed by atoms with Crippen LogP contribution in [-0.4, -0.2) is 28.7 Å². The Hall–Kier alpha value is -1.66. The van der Waals surface area contributed by atoms with Crippen LogP contribution in [0.1, 0.15) is 45.6 Å². The van der Waals surface area contributed by atoms with Gasteiger partial charge in [-0.25, -0.2) is 9.18 Å². The highest BCUT2D eigenvalue weighted by Crippen LogP contribution is 2.37. The molecule has 0 spiro atoms. The maximum Gasteiger partial charge on any atom is 0.408 e. The Morgan fingerprint density at radius 3 is 2.75 bits per heavy atom. The molecule has 2 rings (SSSR count). The minimum absolute atomic E-state index is 0.0652. The van der Waals surface area contributed by atoms with E-state index in [1.54, 1.807) is 20.8 Å². The van der Waals surface area contributed by atoms with Gasteiger partial charge in [-0.1, -0.05) is 11.6 Å². The molecule has 24 heavy (non-hydrogen) atoms. The highest BCUT2D eigenvalue weighted by atomic mass is 35.5. The lowest BCUT2D eigenvalue weighted by Gasteiger charge is -2.39. The summed E-state index contributed by atoms with van der Waals surface area (Å²) in [5.74, 6) is -1.35. The van der Waals surface area contributed by atoms with E-state index in [2.05, 4.69) is 5.32 Å². The van der Waals surface area contributed by atoms with Gasteiger partial charge in [0.15, 0.2) is 5.78 Å². The van der Waals surface area contributed by atoms with Crippen LogP contribution in [0.4, 0.5) is 9.18 Å². The molecule has 2 unspecified atom stereocenters. The number of carbonyl (C=O) groups is 2. The number of hydrogen-bond acceptors (Lipinski definition) is 4. The Morgan fingerprint density at radius 1 is 1.46 bits per heavy atom. The van der Waals surface area contributed by atoms with E-state index in [1.165, 1.54) is 12.1 Å². The molecule has 1 aliphatic carbocycles. The fourth-order valence-electron chi connectivity index (χ4n) is 2.86. The van der Waals surface area contributed by atoms with Gasteiger partial charge in [-0.3, -0.25) is 4.79 Å². The van der Waals surface area contributed by atoms with E-state index in [4.69, 9.17) is 16.3 Å². The summed E-state index contributed by atoms with van der Waals surface area (Å²) in [6.07, 6.45) is -1.29. The first-order chi connectivity index (χ1) is 11.0. The summed E-state index contributed by atoms with van der Waals surface area (Å²) < 4.78 is 19.6. The number of aliphatic hydroxyl groups is 1. The zero-order valence-corrected chi connectivity index (χ0v) is 14.6. The summed E-state index contributed by atoms with van der Waals surface area (Å²) >= 11 is 5.94. The first kappa shape index (κ1) is 18.7. The van der Waals surface area contributed by atoms with Crippen LogP contribution >= 0.6 is 11.6 Å². The second-order valence-electron chi connectivity index (χ2n) is 6.93. The molecule has 0 bridgehead atoms. The third-order valence-electron chi connectivity index (χ3n) is 3.86. The van der Waals surface area contributed by atoms with Gasteiger partial charge in [0, 0.05) is 10.6 Å². The van der Waals surface area contributed by atoms with Crippen molar-refractivity contribution in [1.82, 2.24) is 5.32 Å². The fraction of sp³-hybridized carbons (Fsp3) is 0.529. The highest BCUT2D eigenvalue weighted by molar-refractivity contribution is 6.30. The molecule has 0 heterocycles. The summed E-state index contributed by atoms with van der Waals surface area (Å²) in [6, 6.07) is 3.78. The summed E-state index contributed by atoms with van der Waals surface area (Å²) in [5, 5.41) is 12.7. The van der Waals surface area contributed by atoms with Crippen molar-refractivity contribution in [2.24, 2.45) is 0 Å². The van der Waals surface area contributed by atoms with E-state index in [0.29, 0.717) is 6.42 Å². The van der Waals surface area contributed by atoms with Gasteiger partial charge in [-0.05, 0) is 58.2 Å². The number of hydrogen-bond donors (Lipinski definition) is 2. The Labute approximate surface area is 145 Å². The summed E-state index contributed by atoms with van der Waals surface area (Å²) in [6.45, 7) is 5.03. The topological polar surface area (TPSA) is 75.6 Å². The molecule has 1 saturated carbocycles. The molecule has 0 aliphatic heterocycles. The molecule has 132 valence electrons. The Kier molecular flexibility index (Phi) is 5.20. The van der Waals surface area contributed by atoms with Crippen molar-refractivity contribution in [3.8, 4) is 0 Å². The van der Waals surface area contributed by atoms with Crippen LogP contribution in [0.5, 0.6) is 0 Å². The number of alkyl carbamates (subject to hydrolysis) is 1. The molecule has 2 N–H and O–H groups in total. The quantitative estimate of drug-likeness (QED) is 0.851. The number of ether oxygens (including phenoxy) is 1. The van der Waals surface area contributed by atoms with Crippen molar-refractivity contribution >= 4 is 23.5 Å². The van der Waals surface area contributed by atoms with Crippen LogP contribution in [-0.2, 0) is 15.1 Å². The number of rotatable bonds is 2. The molecule has 7 heteroatoms. The Morgan fingerprint density at radius 2 is 2.12 bits per heavy atom. The first-order valence-electron chi connectivity index (χ1n) is 7.74. The maximum absolute atomic E-state index is 14.4. The number of halogens is 2. The average molecular weight is 358 g/mol. The molecule has 1 aliphatic rings. The van der Waals surface area contributed by atoms with Crippen LogP contribution < -0.4 is 5.32 Å². The molecule has 1 amide bonds. The zero-order valence-electron chi connectivity index (χ0n) is 13.9. The number of amides is 1. The van der Waals surface area contributed by atoms with Gasteiger partial charge in [-0.15, -0.1) is 0 Å². The predicted octanol–water partition coefficient (Wildman–Crippen LogP) is 3.31. The summed E-state index contributed by atoms with van der Waals surface area (Å²) in [5.41, 5.74) is -2.55. The van der Waals surface area contributed by atoms with Gasteiger partial charge in [0.05, 0.1) is 0 Å². The number of carbonyl (C=O) groups excluding carboxylic acids is 2. The second-order valence-corrected chi connectivity index (χ2v) is 7.37. The second kappa shape index (κ2) is 6.69. The van der Waals surface area contributed by atoms with Gasteiger partial charge < -0.3 is 15.2 Å². The molecule has 5 nitrogen and oxygen atoms in total. The number of aliphatic hydroxyl groups excluding tert-OH is 1. The van der Waals surface area contributed by atoms with Gasteiger partial charge in [0.25, 0.3) is 0 Å². The van der Waals surface area contributed by atoms with E-state index >= 15 is 0 Å². The SMILES string of the molecule is CC(C)(C)OC(=O)NC1(c2cc(Cl)ccc2F)CCCC(O)C1=O. The minimum Gasteiger partial charge on any atom is -0.444 e. The minimum atomic E-state index is -1.70. The molecule has 1 fully saturated rings. The first-order valence-corrected chi connectivity index (χ1v) is 8.12. The van der Waals surface area contributed by atoms with Crippen LogP contribution in [0.3, 0.4) is 0 Å². The smallest absolute Gasteiger partial charge is 0.408 e. The Balaban J connectivity index is 2.48. The summed E-state index contributed by atoms with van der Waals surface area (Å²) in [7, 11) is 0. The van der Waals surface area contributed by atoms with E-state index in [-0.39, 0.29) is 23.4 Å². The Bertz CT molecular complexity index is 658. The van der Waals surface area contributed by atoms with Gasteiger partial charge in [0.1, 0.15) is 23.1 Å². The van der Waals surface area contributed by atoms with Crippen molar-refractivity contribution in [3.05, 3.63) is 34.6 Å². The highest BCUT2D eigenvalue weighted by Gasteiger charge is 2.49. The lowest BCUT2D eigenvalue weighted by molar-refractivity contribution is -0.138. The fourth-order valence-corrected chi connectivity index (χ4v) is 3.03. The van der Waals surface area contributed by atoms with Crippen molar-refractivity contribution in [2.45, 2.75) is 57.3 Å². The van der Waals surface area contributed by atoms with E-state index in [0.717, 1.165) is 6.07 Å². The molecule has 2 atom stereocenters. The third-order valence-corrected chi connectivity index (χ3v) is 4.09. The van der Waals surface area contributed by atoms with Gasteiger partial charge in [-0.2, -0.15) is 0 Å². The van der Waals surface area contributed by atoms with Crippen LogP contribution in [0.25, 0.3) is 0 Å². The van der Waals surface area contributed by atoms with E-state index in [9.17, 15) is 19.1 Å². The molecular formula is C17H21ClFNO4. The maximum atomic E-state index is 14.4. The molecule has 0 saturated heterocycles. The molecule has 1 aromatic rings. The summed E-state index contributed by atoms with van der Waals surface area (Å²) in [4.78, 5) is 24.9. The van der Waals surface area contributed by atoms with Crippen molar-refractivity contribution < 1.29 is 23.8 Å². The monoisotopic (exact) mass is 357 g/mol. The number of nitrogens with one attached hydrogen (secondary N) is 1. The van der Waals surface area contributed by atoms with Gasteiger partial charge >= 0.3 is 6.09 Å². The van der Waals surface area contributed by atoms with Crippen LogP contribution in [0.15, 0.2) is 18.2 Å². The molecule has 0 aromatic heterocycles. The largest absolute Gasteiger partial charge is 0.444 e. The van der Waals surface area contributed by atoms with E-state index in [1.807, 2.05) is 0 Å². The van der Waals surface area contributed by atoms with Crippen molar-refractivity contribution in [3.63, 3.8) is 0 Å². The normalized spacial score (nSPS) is 24.6. The van der Waals surface area contributed by atoms with E-state index < -0.39 is 34.9 Å². The van der Waals surface area contributed by atoms with Crippen LogP contribution in [0.2, 0.25) is 5.02 Å². The molecular weight excluding hydrogens is 337 g/mol. The zero-order chi connectivity index (χ0) is 18.1. The average Bonchev–Trinajstić information content (AvgIpc) is 2.44. The van der Waals surface area contributed by atoms with Crippen molar-refractivity contribution in [1.29, 1.82) is 0 Å². The third kappa shape index (κ3) is 3.87. The number of benzene rings is 1. The predicted molar refractivity (Wildman–Crippen MR) is 87.3 cm³/mol. The molecule has 0 radical (unpaired) electrons. The molecule has 1 aromatic carbocycles. The van der Waals surface area contributed by atoms with Crippen LogP contribution in [0, 0.1) is 5.82 Å². The lowest BCUT2D eigenvalue weighted by atomic mass is 9.74. The standard InChI is InChI=1S/C17H21ClFNO4/c1-16(2,3)24-15(23)20-17(8-4-5-13(21)14(17)22)11-9-10(18)6-7-12(11)19/h6-7,9,13,21H,4-5,8H2,1-3H3,(H,20,23).